The van der Waals surface area contributed by atoms with Gasteiger partial charge in [0.15, 0.2) is 0 Å². The molecule has 1 saturated heterocycles. The van der Waals surface area contributed by atoms with Crippen LogP contribution >= 0.6 is 0 Å². The van der Waals surface area contributed by atoms with E-state index in [1.807, 2.05) is 31.2 Å². The number of allylic oxidation sites excluding steroid dienone is 2. The minimum absolute atomic E-state index is 0.00805. The molecule has 2 fully saturated rings. The number of rotatable bonds is 1. The van der Waals surface area contributed by atoms with E-state index in [-0.39, 0.29) is 17.7 Å². The van der Waals surface area contributed by atoms with Crippen LogP contribution in [-0.2, 0) is 4.79 Å². The Bertz CT molecular complexity index is 563. The van der Waals surface area contributed by atoms with Crippen LogP contribution in [0.25, 0.3) is 0 Å². The Labute approximate surface area is 112 Å². The van der Waals surface area contributed by atoms with Gasteiger partial charge in [0.1, 0.15) is 6.23 Å². The zero-order chi connectivity index (χ0) is 13.1. The van der Waals surface area contributed by atoms with Crippen LogP contribution in [0.2, 0.25) is 0 Å². The van der Waals surface area contributed by atoms with Crippen molar-refractivity contribution < 1.29 is 9.90 Å². The average Bonchev–Trinajstić information content (AvgIpc) is 3.06. The number of benzene rings is 1. The summed E-state index contributed by atoms with van der Waals surface area (Å²) < 4.78 is 0. The van der Waals surface area contributed by atoms with Gasteiger partial charge in [-0.15, -0.1) is 0 Å². The molecule has 1 aromatic carbocycles. The van der Waals surface area contributed by atoms with Crippen LogP contribution in [-0.4, -0.2) is 17.2 Å². The van der Waals surface area contributed by atoms with E-state index in [1.165, 1.54) is 0 Å². The number of carbonyl (C=O) groups is 1. The highest BCUT2D eigenvalue weighted by Gasteiger charge is 2.59. The fourth-order valence-electron chi connectivity index (χ4n) is 4.06. The number of hydrogen-bond donors (Lipinski definition) is 1. The van der Waals surface area contributed by atoms with Crippen LogP contribution in [0, 0.1) is 30.6 Å². The van der Waals surface area contributed by atoms with Crippen molar-refractivity contribution in [3.8, 4) is 0 Å². The van der Waals surface area contributed by atoms with Gasteiger partial charge in [-0.2, -0.15) is 0 Å². The molecule has 3 aliphatic rings. The molecule has 3 nitrogen and oxygen atoms in total. The lowest BCUT2D eigenvalue weighted by molar-refractivity contribution is -0.121. The van der Waals surface area contributed by atoms with E-state index in [0.29, 0.717) is 11.8 Å². The van der Waals surface area contributed by atoms with Gasteiger partial charge in [-0.05, 0) is 37.3 Å². The van der Waals surface area contributed by atoms with Gasteiger partial charge < -0.3 is 5.11 Å². The number of hydrogen-bond acceptors (Lipinski definition) is 2. The Kier molecular flexibility index (Phi) is 2.19. The first-order chi connectivity index (χ1) is 9.16. The molecule has 1 heterocycles. The second-order valence-corrected chi connectivity index (χ2v) is 6.01. The topological polar surface area (TPSA) is 40.5 Å². The lowest BCUT2D eigenvalue weighted by atomic mass is 9.85. The maximum Gasteiger partial charge on any atom is 0.233 e. The summed E-state index contributed by atoms with van der Waals surface area (Å²) in [5.74, 6) is 0.894. The molecular weight excluding hydrogens is 238 g/mol. The third-order valence-corrected chi connectivity index (χ3v) is 4.96. The van der Waals surface area contributed by atoms with Crippen molar-refractivity contribution in [3.05, 3.63) is 42.0 Å². The van der Waals surface area contributed by atoms with Gasteiger partial charge in [0, 0.05) is 11.6 Å². The van der Waals surface area contributed by atoms with Crippen molar-refractivity contribution in [2.24, 2.45) is 23.7 Å². The number of fused-ring (bicyclic) bond motifs is 5. The predicted molar refractivity (Wildman–Crippen MR) is 72.4 cm³/mol. The summed E-state index contributed by atoms with van der Waals surface area (Å²) in [6.45, 7) is 2.02. The summed E-state index contributed by atoms with van der Waals surface area (Å²) >= 11 is 0. The number of anilines is 1. The number of nitrogens with zero attached hydrogens (tertiary/aromatic N) is 1. The highest BCUT2D eigenvalue weighted by molar-refractivity contribution is 5.99. The van der Waals surface area contributed by atoms with Crippen molar-refractivity contribution >= 4 is 11.6 Å². The van der Waals surface area contributed by atoms with E-state index >= 15 is 0 Å². The Morgan fingerprint density at radius 2 is 1.84 bits per heavy atom. The van der Waals surface area contributed by atoms with Crippen molar-refractivity contribution in [2.75, 3.05) is 4.90 Å². The van der Waals surface area contributed by atoms with E-state index in [9.17, 15) is 9.90 Å². The fourth-order valence-corrected chi connectivity index (χ4v) is 4.06. The summed E-state index contributed by atoms with van der Waals surface area (Å²) in [7, 11) is 0. The molecule has 0 aromatic heterocycles. The van der Waals surface area contributed by atoms with Crippen molar-refractivity contribution in [3.63, 3.8) is 0 Å². The number of amides is 1. The predicted octanol–water partition coefficient (Wildman–Crippen LogP) is 2.10. The molecule has 1 aliphatic heterocycles. The van der Waals surface area contributed by atoms with Gasteiger partial charge in [-0.25, -0.2) is 0 Å². The standard InChI is InChI=1S/C16H17NO2/c1-9-2-6-12(7-3-9)17-15(18)13-10-4-5-11(8-10)14(13)16(17)19/h2-7,10-11,13-15,18H,8H2,1H3/t10-,11-,13-,14+,15-/m0/s1. The van der Waals surface area contributed by atoms with Crippen molar-refractivity contribution in [1.29, 1.82) is 0 Å². The maximum absolute atomic E-state index is 12.6. The first-order valence-corrected chi connectivity index (χ1v) is 6.93. The van der Waals surface area contributed by atoms with Crippen LogP contribution in [0.5, 0.6) is 0 Å². The normalized spacial score (nSPS) is 39.2. The third kappa shape index (κ3) is 1.39. The lowest BCUT2D eigenvalue weighted by Crippen LogP contribution is -2.36. The van der Waals surface area contributed by atoms with Crippen LogP contribution < -0.4 is 4.90 Å². The van der Waals surface area contributed by atoms with Crippen molar-refractivity contribution in [1.82, 2.24) is 0 Å². The average molecular weight is 255 g/mol. The third-order valence-electron chi connectivity index (χ3n) is 4.96. The van der Waals surface area contributed by atoms with Gasteiger partial charge >= 0.3 is 0 Å². The molecule has 2 aliphatic carbocycles. The summed E-state index contributed by atoms with van der Waals surface area (Å²) in [5, 5.41) is 10.5. The van der Waals surface area contributed by atoms with Crippen molar-refractivity contribution in [2.45, 2.75) is 19.6 Å². The Hall–Kier alpha value is -1.61. The number of aliphatic hydroxyl groups is 1. The highest BCUT2D eigenvalue weighted by atomic mass is 16.3. The SMILES string of the molecule is Cc1ccc(N2C(=O)[C@H]3[C@H]([C@H]4C=C[C@H]3C4)[C@@H]2O)cc1. The molecule has 2 bridgehead atoms. The van der Waals surface area contributed by atoms with Crippen LogP contribution in [0.15, 0.2) is 36.4 Å². The second kappa shape index (κ2) is 3.70. The van der Waals surface area contributed by atoms with Crippen LogP contribution in [0.4, 0.5) is 5.69 Å². The molecular formula is C16H17NO2. The van der Waals surface area contributed by atoms with Gasteiger partial charge in [-0.1, -0.05) is 29.8 Å². The molecule has 1 saturated carbocycles. The van der Waals surface area contributed by atoms with Gasteiger partial charge in [0.05, 0.1) is 5.92 Å². The molecule has 1 amide bonds. The highest BCUT2D eigenvalue weighted by Crippen LogP contribution is 2.54. The van der Waals surface area contributed by atoms with E-state index < -0.39 is 6.23 Å². The minimum Gasteiger partial charge on any atom is -0.373 e. The molecule has 98 valence electrons. The zero-order valence-corrected chi connectivity index (χ0v) is 10.9. The molecule has 1 aromatic rings. The molecule has 5 atom stereocenters. The largest absolute Gasteiger partial charge is 0.373 e. The van der Waals surface area contributed by atoms with Gasteiger partial charge in [0.2, 0.25) is 5.91 Å². The van der Waals surface area contributed by atoms with E-state index in [2.05, 4.69) is 12.2 Å². The van der Waals surface area contributed by atoms with Crippen LogP contribution in [0.3, 0.4) is 0 Å². The maximum atomic E-state index is 12.6. The first kappa shape index (κ1) is 11.2. The molecule has 1 N–H and O–H groups in total. The van der Waals surface area contributed by atoms with E-state index in [0.717, 1.165) is 17.7 Å². The van der Waals surface area contributed by atoms with Gasteiger partial charge in [-0.3, -0.25) is 9.69 Å². The summed E-state index contributed by atoms with van der Waals surface area (Å²) in [6, 6.07) is 7.81. The molecule has 0 unspecified atom stereocenters. The number of aliphatic hydroxyl groups excluding tert-OH is 1. The monoisotopic (exact) mass is 255 g/mol. The molecule has 0 radical (unpaired) electrons. The smallest absolute Gasteiger partial charge is 0.233 e. The molecule has 0 spiro atoms. The quantitative estimate of drug-likeness (QED) is 0.781. The van der Waals surface area contributed by atoms with Crippen LogP contribution in [0.1, 0.15) is 12.0 Å². The molecule has 3 heteroatoms. The lowest BCUT2D eigenvalue weighted by Gasteiger charge is -2.25. The summed E-state index contributed by atoms with van der Waals surface area (Å²) in [6.07, 6.45) is 4.72. The molecule has 19 heavy (non-hydrogen) atoms. The Morgan fingerprint density at radius 3 is 2.53 bits per heavy atom. The fraction of sp³-hybridized carbons (Fsp3) is 0.438. The summed E-state index contributed by atoms with van der Waals surface area (Å²) in [4.78, 5) is 14.2. The Morgan fingerprint density at radius 1 is 1.16 bits per heavy atom. The summed E-state index contributed by atoms with van der Waals surface area (Å²) in [5.41, 5.74) is 1.98. The van der Waals surface area contributed by atoms with E-state index in [4.69, 9.17) is 0 Å². The minimum atomic E-state index is -0.667. The second-order valence-electron chi connectivity index (χ2n) is 6.01. The Balaban J connectivity index is 1.72. The van der Waals surface area contributed by atoms with Gasteiger partial charge in [0.25, 0.3) is 0 Å². The first-order valence-electron chi connectivity index (χ1n) is 6.93. The molecule has 4 rings (SSSR count). The zero-order valence-electron chi connectivity index (χ0n) is 10.9. The van der Waals surface area contributed by atoms with E-state index in [1.54, 1.807) is 4.90 Å². The number of carbonyl (C=O) groups excluding carboxylic acids is 1. The number of aryl methyl sites for hydroxylation is 1.